The number of nitrogen functional groups attached to an aromatic ring is 1. The zero-order valence-electron chi connectivity index (χ0n) is 12.6. The third kappa shape index (κ3) is 3.16. The zero-order chi connectivity index (χ0) is 16.4. The van der Waals surface area contributed by atoms with E-state index in [0.717, 1.165) is 10.9 Å². The van der Waals surface area contributed by atoms with E-state index in [4.69, 9.17) is 11.1 Å². The summed E-state index contributed by atoms with van der Waals surface area (Å²) < 4.78 is 2.02. The van der Waals surface area contributed by atoms with Gasteiger partial charge in [-0.2, -0.15) is 0 Å². The number of urea groups is 1. The lowest BCUT2D eigenvalue weighted by atomic mass is 10.2. The maximum atomic E-state index is 12.1. The van der Waals surface area contributed by atoms with Gasteiger partial charge in [0.2, 0.25) is 0 Å². The molecule has 3 rings (SSSR count). The summed E-state index contributed by atoms with van der Waals surface area (Å²) in [5, 5.41) is 14.0. The lowest BCUT2D eigenvalue weighted by Gasteiger charge is -2.09. The Hall–Kier alpha value is -3.28. The molecule has 5 N–H and O–H groups in total. The normalized spacial score (nSPS) is 10.5. The number of benzene rings is 2. The number of hydrogen-bond acceptors (Lipinski definition) is 2. The van der Waals surface area contributed by atoms with Gasteiger partial charge in [-0.25, -0.2) is 4.79 Å². The van der Waals surface area contributed by atoms with Crippen LogP contribution in [0.3, 0.4) is 0 Å². The molecule has 0 fully saturated rings. The summed E-state index contributed by atoms with van der Waals surface area (Å²) in [5.41, 5.74) is 8.40. The van der Waals surface area contributed by atoms with Gasteiger partial charge in [-0.1, -0.05) is 12.1 Å². The Morgan fingerprint density at radius 2 is 1.83 bits per heavy atom. The SMILES string of the molecule is Cn1ccc2cc(NC(=O)Nc3cccc(C(=N)N)c3)ccc21. The second-order valence-electron chi connectivity index (χ2n) is 5.27. The molecular weight excluding hydrogens is 290 g/mol. The number of carbonyl (C=O) groups is 1. The predicted octanol–water partition coefficient (Wildman–Crippen LogP) is 3.11. The van der Waals surface area contributed by atoms with Crippen molar-refractivity contribution in [1.82, 2.24) is 4.57 Å². The van der Waals surface area contributed by atoms with Gasteiger partial charge >= 0.3 is 6.03 Å². The molecule has 6 nitrogen and oxygen atoms in total. The molecule has 23 heavy (non-hydrogen) atoms. The van der Waals surface area contributed by atoms with Gasteiger partial charge in [0.05, 0.1) is 0 Å². The fourth-order valence-electron chi connectivity index (χ4n) is 2.42. The van der Waals surface area contributed by atoms with Crippen LogP contribution in [0, 0.1) is 5.41 Å². The van der Waals surface area contributed by atoms with Crippen molar-refractivity contribution >= 4 is 34.1 Å². The number of nitrogens with two attached hydrogens (primary N) is 1. The minimum atomic E-state index is -0.346. The molecule has 0 atom stereocenters. The Morgan fingerprint density at radius 1 is 1.09 bits per heavy atom. The highest BCUT2D eigenvalue weighted by atomic mass is 16.2. The number of hydrogen-bond donors (Lipinski definition) is 4. The Kier molecular flexibility index (Phi) is 3.72. The summed E-state index contributed by atoms with van der Waals surface area (Å²) >= 11 is 0. The van der Waals surface area contributed by atoms with Crippen molar-refractivity contribution in [3.8, 4) is 0 Å². The van der Waals surface area contributed by atoms with Crippen molar-refractivity contribution in [3.05, 3.63) is 60.3 Å². The molecule has 0 aliphatic carbocycles. The van der Waals surface area contributed by atoms with Crippen LogP contribution in [-0.4, -0.2) is 16.4 Å². The van der Waals surface area contributed by atoms with E-state index in [1.807, 2.05) is 42.1 Å². The highest BCUT2D eigenvalue weighted by Gasteiger charge is 2.06. The Morgan fingerprint density at radius 3 is 2.57 bits per heavy atom. The predicted molar refractivity (Wildman–Crippen MR) is 93.0 cm³/mol. The van der Waals surface area contributed by atoms with Gasteiger partial charge in [0.25, 0.3) is 0 Å². The summed E-state index contributed by atoms with van der Waals surface area (Å²) in [5.74, 6) is -0.0383. The van der Waals surface area contributed by atoms with E-state index >= 15 is 0 Å². The third-order valence-corrected chi connectivity index (χ3v) is 3.57. The Balaban J connectivity index is 1.73. The van der Waals surface area contributed by atoms with Crippen LogP contribution in [0.15, 0.2) is 54.7 Å². The van der Waals surface area contributed by atoms with Crippen LogP contribution in [0.25, 0.3) is 10.9 Å². The number of aromatic nitrogens is 1. The smallest absolute Gasteiger partial charge is 0.323 e. The summed E-state index contributed by atoms with van der Waals surface area (Å²) in [6.07, 6.45) is 1.97. The van der Waals surface area contributed by atoms with E-state index in [1.54, 1.807) is 24.3 Å². The average Bonchev–Trinajstić information content (AvgIpc) is 2.88. The fraction of sp³-hybridized carbons (Fsp3) is 0.0588. The van der Waals surface area contributed by atoms with Gasteiger partial charge < -0.3 is 20.9 Å². The van der Waals surface area contributed by atoms with Crippen molar-refractivity contribution < 1.29 is 4.79 Å². The molecule has 2 amide bonds. The third-order valence-electron chi connectivity index (χ3n) is 3.57. The number of nitrogens with zero attached hydrogens (tertiary/aromatic N) is 1. The van der Waals surface area contributed by atoms with Crippen LogP contribution in [0.1, 0.15) is 5.56 Å². The van der Waals surface area contributed by atoms with E-state index in [1.165, 1.54) is 0 Å². The van der Waals surface area contributed by atoms with Crippen molar-refractivity contribution in [1.29, 1.82) is 5.41 Å². The molecule has 0 saturated heterocycles. The minimum absolute atomic E-state index is 0.0383. The maximum absolute atomic E-state index is 12.1. The van der Waals surface area contributed by atoms with Crippen LogP contribution in [-0.2, 0) is 7.05 Å². The molecule has 0 bridgehead atoms. The molecule has 1 aromatic heterocycles. The topological polar surface area (TPSA) is 95.9 Å². The molecule has 0 radical (unpaired) electrons. The molecule has 6 heteroatoms. The van der Waals surface area contributed by atoms with Gasteiger partial charge in [0.1, 0.15) is 5.84 Å². The molecule has 1 heterocycles. The number of aryl methyl sites for hydroxylation is 1. The van der Waals surface area contributed by atoms with Crippen LogP contribution in [0.5, 0.6) is 0 Å². The number of amides is 2. The summed E-state index contributed by atoms with van der Waals surface area (Å²) in [6, 6.07) is 14.2. The number of anilines is 2. The van der Waals surface area contributed by atoms with Crippen molar-refractivity contribution in [2.24, 2.45) is 12.8 Å². The minimum Gasteiger partial charge on any atom is -0.384 e. The van der Waals surface area contributed by atoms with Crippen molar-refractivity contribution in [3.63, 3.8) is 0 Å². The maximum Gasteiger partial charge on any atom is 0.323 e. The molecule has 0 saturated carbocycles. The van der Waals surface area contributed by atoms with E-state index in [-0.39, 0.29) is 11.9 Å². The monoisotopic (exact) mass is 307 g/mol. The van der Waals surface area contributed by atoms with Gasteiger partial charge in [-0.3, -0.25) is 5.41 Å². The highest BCUT2D eigenvalue weighted by Crippen LogP contribution is 2.20. The van der Waals surface area contributed by atoms with Crippen molar-refractivity contribution in [2.75, 3.05) is 10.6 Å². The molecule has 0 aliphatic rings. The highest BCUT2D eigenvalue weighted by molar-refractivity contribution is 6.02. The summed E-state index contributed by atoms with van der Waals surface area (Å²) in [7, 11) is 1.98. The first-order chi connectivity index (χ1) is 11.0. The Labute approximate surface area is 133 Å². The first-order valence-electron chi connectivity index (χ1n) is 7.10. The van der Waals surface area contributed by atoms with E-state index in [0.29, 0.717) is 16.9 Å². The van der Waals surface area contributed by atoms with Crippen LogP contribution in [0.2, 0.25) is 0 Å². The summed E-state index contributed by atoms with van der Waals surface area (Å²) in [4.78, 5) is 12.1. The molecule has 0 aliphatic heterocycles. The molecule has 116 valence electrons. The van der Waals surface area contributed by atoms with Gasteiger partial charge in [-0.15, -0.1) is 0 Å². The van der Waals surface area contributed by atoms with Gasteiger partial charge in [0.15, 0.2) is 0 Å². The molecule has 0 spiro atoms. The second-order valence-corrected chi connectivity index (χ2v) is 5.27. The van der Waals surface area contributed by atoms with Crippen LogP contribution >= 0.6 is 0 Å². The number of fused-ring (bicyclic) bond motifs is 1. The number of nitrogens with one attached hydrogen (secondary N) is 3. The van der Waals surface area contributed by atoms with Crippen LogP contribution in [0.4, 0.5) is 16.2 Å². The molecule has 0 unspecified atom stereocenters. The lowest BCUT2D eigenvalue weighted by Crippen LogP contribution is -2.20. The number of amidine groups is 1. The lowest BCUT2D eigenvalue weighted by molar-refractivity contribution is 0.262. The molecule has 3 aromatic rings. The van der Waals surface area contributed by atoms with E-state index < -0.39 is 0 Å². The molecule has 2 aromatic carbocycles. The van der Waals surface area contributed by atoms with Crippen molar-refractivity contribution in [2.45, 2.75) is 0 Å². The average molecular weight is 307 g/mol. The van der Waals surface area contributed by atoms with Crippen LogP contribution < -0.4 is 16.4 Å². The number of rotatable bonds is 3. The zero-order valence-corrected chi connectivity index (χ0v) is 12.6. The Bertz CT molecular complexity index is 897. The van der Waals surface area contributed by atoms with E-state index in [9.17, 15) is 4.79 Å². The number of carbonyl (C=O) groups excluding carboxylic acids is 1. The summed E-state index contributed by atoms with van der Waals surface area (Å²) in [6.45, 7) is 0. The standard InChI is InChI=1S/C17H17N5O/c1-22-8-7-11-9-14(5-6-15(11)22)21-17(23)20-13-4-2-3-12(10-13)16(18)19/h2-10H,1H3,(H3,18,19)(H2,20,21,23). The largest absolute Gasteiger partial charge is 0.384 e. The first-order valence-corrected chi connectivity index (χ1v) is 7.10. The fourth-order valence-corrected chi connectivity index (χ4v) is 2.42. The quantitative estimate of drug-likeness (QED) is 0.442. The van der Waals surface area contributed by atoms with E-state index in [2.05, 4.69) is 10.6 Å². The first kappa shape index (κ1) is 14.6. The van der Waals surface area contributed by atoms with Gasteiger partial charge in [0, 0.05) is 41.1 Å². The van der Waals surface area contributed by atoms with Gasteiger partial charge in [-0.05, 0) is 36.4 Å². The molecular formula is C17H17N5O. The second kappa shape index (κ2) is 5.84.